The summed E-state index contributed by atoms with van der Waals surface area (Å²) in [6.07, 6.45) is 3.98. The Labute approximate surface area is 93.8 Å². The van der Waals surface area contributed by atoms with E-state index in [0.29, 0.717) is 5.89 Å². The van der Waals surface area contributed by atoms with E-state index < -0.39 is 0 Å². The molecule has 1 N–H and O–H groups in total. The van der Waals surface area contributed by atoms with Gasteiger partial charge in [0, 0.05) is 25.8 Å². The zero-order valence-electron chi connectivity index (χ0n) is 9.27. The molecule has 2 aromatic rings. The van der Waals surface area contributed by atoms with Crippen LogP contribution in [0.5, 0.6) is 0 Å². The minimum absolute atomic E-state index is 0.669. The maximum absolute atomic E-state index is 5.23. The Kier molecular flexibility index (Phi) is 3.71. The molecule has 5 heteroatoms. The molecular weight excluding hydrogens is 206 g/mol. The second-order valence-corrected chi connectivity index (χ2v) is 3.54. The molecule has 0 saturated carbocycles. The molecule has 86 valence electrons. The van der Waals surface area contributed by atoms with E-state index in [1.807, 2.05) is 19.2 Å². The first kappa shape index (κ1) is 10.9. The number of furan rings is 1. The van der Waals surface area contributed by atoms with Crippen LogP contribution >= 0.6 is 0 Å². The topological polar surface area (TPSA) is 64.1 Å². The van der Waals surface area contributed by atoms with Gasteiger partial charge in [0.1, 0.15) is 5.76 Å². The predicted molar refractivity (Wildman–Crippen MR) is 58.0 cm³/mol. The highest BCUT2D eigenvalue weighted by Crippen LogP contribution is 2.06. The molecule has 2 aromatic heterocycles. The van der Waals surface area contributed by atoms with Gasteiger partial charge in [-0.15, -0.1) is 0 Å². The summed E-state index contributed by atoms with van der Waals surface area (Å²) in [7, 11) is 1.90. The Hall–Kier alpha value is -1.62. The molecule has 0 fully saturated rings. The summed E-state index contributed by atoms with van der Waals surface area (Å²) in [5, 5.41) is 6.94. The number of aromatic nitrogens is 2. The summed E-state index contributed by atoms with van der Waals surface area (Å²) in [4.78, 5) is 4.29. The molecule has 0 amide bonds. The van der Waals surface area contributed by atoms with Crippen LogP contribution in [0.25, 0.3) is 0 Å². The van der Waals surface area contributed by atoms with Gasteiger partial charge in [-0.1, -0.05) is 5.16 Å². The lowest BCUT2D eigenvalue weighted by atomic mass is 10.2. The molecule has 0 bridgehead atoms. The van der Waals surface area contributed by atoms with Crippen molar-refractivity contribution in [3.05, 3.63) is 35.9 Å². The van der Waals surface area contributed by atoms with Crippen molar-refractivity contribution in [1.29, 1.82) is 0 Å². The standard InChI is InChI=1S/C11H15N3O2/c1-12-7-6-10-13-11(16-14-10)5-4-9-3-2-8-15-9/h2-3,8,12H,4-7H2,1H3. The highest BCUT2D eigenvalue weighted by molar-refractivity contribution is 5.00. The first-order valence-corrected chi connectivity index (χ1v) is 5.37. The molecule has 0 unspecified atom stereocenters. The van der Waals surface area contributed by atoms with Gasteiger partial charge in [0.25, 0.3) is 0 Å². The minimum atomic E-state index is 0.669. The van der Waals surface area contributed by atoms with Crippen LogP contribution < -0.4 is 5.32 Å². The van der Waals surface area contributed by atoms with Gasteiger partial charge >= 0.3 is 0 Å². The van der Waals surface area contributed by atoms with E-state index >= 15 is 0 Å². The quantitative estimate of drug-likeness (QED) is 0.794. The molecule has 2 heterocycles. The number of nitrogens with one attached hydrogen (secondary N) is 1. The third kappa shape index (κ3) is 2.93. The molecule has 5 nitrogen and oxygen atoms in total. The minimum Gasteiger partial charge on any atom is -0.469 e. The van der Waals surface area contributed by atoms with Crippen molar-refractivity contribution in [1.82, 2.24) is 15.5 Å². The van der Waals surface area contributed by atoms with Gasteiger partial charge in [-0.05, 0) is 19.2 Å². The fraction of sp³-hybridized carbons (Fsp3) is 0.455. The van der Waals surface area contributed by atoms with E-state index in [1.165, 1.54) is 0 Å². The largest absolute Gasteiger partial charge is 0.469 e. The number of rotatable bonds is 6. The Bertz CT molecular complexity index is 409. The van der Waals surface area contributed by atoms with Gasteiger partial charge in [0.2, 0.25) is 5.89 Å². The van der Waals surface area contributed by atoms with E-state index in [4.69, 9.17) is 8.94 Å². The Morgan fingerprint density at radius 3 is 3.00 bits per heavy atom. The summed E-state index contributed by atoms with van der Waals surface area (Å²) < 4.78 is 10.4. The summed E-state index contributed by atoms with van der Waals surface area (Å²) in [6, 6.07) is 3.82. The van der Waals surface area contributed by atoms with Crippen molar-refractivity contribution in [2.75, 3.05) is 13.6 Å². The highest BCUT2D eigenvalue weighted by atomic mass is 16.5. The molecule has 0 aliphatic heterocycles. The van der Waals surface area contributed by atoms with E-state index in [2.05, 4.69) is 15.5 Å². The van der Waals surface area contributed by atoms with Crippen LogP contribution in [0.1, 0.15) is 17.5 Å². The van der Waals surface area contributed by atoms with Crippen molar-refractivity contribution < 1.29 is 8.94 Å². The van der Waals surface area contributed by atoms with Crippen LogP contribution in [-0.4, -0.2) is 23.7 Å². The molecule has 0 aromatic carbocycles. The second-order valence-electron chi connectivity index (χ2n) is 3.54. The third-order valence-corrected chi connectivity index (χ3v) is 2.27. The zero-order valence-corrected chi connectivity index (χ0v) is 9.27. The monoisotopic (exact) mass is 221 g/mol. The molecule has 16 heavy (non-hydrogen) atoms. The second kappa shape index (κ2) is 5.46. The Morgan fingerprint density at radius 2 is 2.25 bits per heavy atom. The van der Waals surface area contributed by atoms with Crippen LogP contribution in [0.3, 0.4) is 0 Å². The number of aryl methyl sites for hydroxylation is 2. The van der Waals surface area contributed by atoms with Gasteiger partial charge in [0.15, 0.2) is 5.82 Å². The smallest absolute Gasteiger partial charge is 0.227 e. The van der Waals surface area contributed by atoms with Gasteiger partial charge in [-0.25, -0.2) is 0 Å². The van der Waals surface area contributed by atoms with Crippen molar-refractivity contribution in [3.63, 3.8) is 0 Å². The first-order valence-electron chi connectivity index (χ1n) is 5.37. The third-order valence-electron chi connectivity index (χ3n) is 2.27. The Balaban J connectivity index is 1.83. The summed E-state index contributed by atoms with van der Waals surface area (Å²) >= 11 is 0. The number of hydrogen-bond donors (Lipinski definition) is 1. The average Bonchev–Trinajstić information content (AvgIpc) is 2.95. The summed E-state index contributed by atoms with van der Waals surface area (Å²) in [6.45, 7) is 0.858. The average molecular weight is 221 g/mol. The SMILES string of the molecule is CNCCc1noc(CCc2ccco2)n1. The Morgan fingerprint density at radius 1 is 1.31 bits per heavy atom. The maximum atomic E-state index is 5.23. The molecule has 0 radical (unpaired) electrons. The molecule has 0 aliphatic carbocycles. The van der Waals surface area contributed by atoms with Crippen molar-refractivity contribution in [2.24, 2.45) is 0 Å². The van der Waals surface area contributed by atoms with Crippen LogP contribution in [0.4, 0.5) is 0 Å². The van der Waals surface area contributed by atoms with Gasteiger partial charge in [0.05, 0.1) is 6.26 Å². The lowest BCUT2D eigenvalue weighted by Crippen LogP contribution is -2.11. The van der Waals surface area contributed by atoms with Gasteiger partial charge < -0.3 is 14.3 Å². The van der Waals surface area contributed by atoms with Crippen molar-refractivity contribution in [2.45, 2.75) is 19.3 Å². The number of hydrogen-bond acceptors (Lipinski definition) is 5. The number of nitrogens with zero attached hydrogens (tertiary/aromatic N) is 2. The van der Waals surface area contributed by atoms with E-state index in [0.717, 1.165) is 37.4 Å². The normalized spacial score (nSPS) is 10.8. The molecule has 2 rings (SSSR count). The fourth-order valence-electron chi connectivity index (χ4n) is 1.42. The molecule has 0 atom stereocenters. The van der Waals surface area contributed by atoms with Crippen molar-refractivity contribution in [3.8, 4) is 0 Å². The van der Waals surface area contributed by atoms with Gasteiger partial charge in [-0.3, -0.25) is 0 Å². The highest BCUT2D eigenvalue weighted by Gasteiger charge is 2.06. The molecule has 0 spiro atoms. The van der Waals surface area contributed by atoms with E-state index in [9.17, 15) is 0 Å². The van der Waals surface area contributed by atoms with E-state index in [1.54, 1.807) is 6.26 Å². The first-order chi connectivity index (χ1) is 7.88. The van der Waals surface area contributed by atoms with Crippen LogP contribution in [0.2, 0.25) is 0 Å². The summed E-state index contributed by atoms with van der Waals surface area (Å²) in [5.41, 5.74) is 0. The number of likely N-dealkylation sites (N-methyl/N-ethyl adjacent to an activating group) is 1. The maximum Gasteiger partial charge on any atom is 0.227 e. The van der Waals surface area contributed by atoms with Crippen molar-refractivity contribution >= 4 is 0 Å². The lowest BCUT2D eigenvalue weighted by Gasteiger charge is -1.92. The lowest BCUT2D eigenvalue weighted by molar-refractivity contribution is 0.368. The predicted octanol–water partition coefficient (Wildman–Crippen LogP) is 1.21. The van der Waals surface area contributed by atoms with E-state index in [-0.39, 0.29) is 0 Å². The molecular formula is C11H15N3O2. The van der Waals surface area contributed by atoms with Crippen LogP contribution in [-0.2, 0) is 19.3 Å². The fourth-order valence-corrected chi connectivity index (χ4v) is 1.42. The zero-order chi connectivity index (χ0) is 11.2. The molecule has 0 aliphatic rings. The van der Waals surface area contributed by atoms with Crippen LogP contribution in [0.15, 0.2) is 27.3 Å². The summed E-state index contributed by atoms with van der Waals surface area (Å²) in [5.74, 6) is 2.36. The molecule has 0 saturated heterocycles. The van der Waals surface area contributed by atoms with Gasteiger partial charge in [-0.2, -0.15) is 4.98 Å². The van der Waals surface area contributed by atoms with Crippen LogP contribution in [0, 0.1) is 0 Å².